The standard InChI is InChI=1S/C20H25FN2S/c21-20(8-10-23(11-9-20)14-17-7-4-12-24-17)15-22-19-13-18(19)16-5-2-1-3-6-16/h1-7,12,18-19,22H,8-11,13-15H2. The van der Waals surface area contributed by atoms with Crippen LogP contribution in [0.4, 0.5) is 4.39 Å². The molecule has 2 heterocycles. The van der Waals surface area contributed by atoms with Crippen LogP contribution in [0.5, 0.6) is 0 Å². The summed E-state index contributed by atoms with van der Waals surface area (Å²) < 4.78 is 15.1. The maximum absolute atomic E-state index is 15.1. The van der Waals surface area contributed by atoms with Crippen LogP contribution in [0.15, 0.2) is 47.8 Å². The van der Waals surface area contributed by atoms with E-state index in [0.717, 1.165) is 26.1 Å². The average Bonchev–Trinajstić information content (AvgIpc) is 3.22. The van der Waals surface area contributed by atoms with E-state index in [1.54, 1.807) is 11.3 Å². The topological polar surface area (TPSA) is 15.3 Å². The van der Waals surface area contributed by atoms with Gasteiger partial charge in [-0.05, 0) is 36.3 Å². The minimum absolute atomic E-state index is 0.462. The highest BCUT2D eigenvalue weighted by Gasteiger charge is 2.41. The van der Waals surface area contributed by atoms with Gasteiger partial charge in [0, 0.05) is 43.0 Å². The Morgan fingerprint density at radius 1 is 1.12 bits per heavy atom. The average molecular weight is 344 g/mol. The molecule has 2 atom stereocenters. The Hall–Kier alpha value is -1.23. The molecule has 128 valence electrons. The van der Waals surface area contributed by atoms with Gasteiger partial charge < -0.3 is 5.32 Å². The Morgan fingerprint density at radius 3 is 2.62 bits per heavy atom. The molecule has 2 unspecified atom stereocenters. The van der Waals surface area contributed by atoms with Crippen LogP contribution in [0.25, 0.3) is 0 Å². The highest BCUT2D eigenvalue weighted by Crippen LogP contribution is 2.41. The van der Waals surface area contributed by atoms with Crippen molar-refractivity contribution >= 4 is 11.3 Å². The van der Waals surface area contributed by atoms with E-state index < -0.39 is 5.67 Å². The number of hydrogen-bond donors (Lipinski definition) is 1. The van der Waals surface area contributed by atoms with Gasteiger partial charge in [-0.2, -0.15) is 0 Å². The summed E-state index contributed by atoms with van der Waals surface area (Å²) in [5.74, 6) is 0.578. The van der Waals surface area contributed by atoms with Crippen molar-refractivity contribution in [1.29, 1.82) is 0 Å². The monoisotopic (exact) mass is 344 g/mol. The maximum Gasteiger partial charge on any atom is 0.125 e. The van der Waals surface area contributed by atoms with Crippen LogP contribution in [-0.4, -0.2) is 36.2 Å². The molecule has 0 spiro atoms. The SMILES string of the molecule is FC1(CNC2CC2c2ccccc2)CCN(Cc2cccs2)CC1. The summed E-state index contributed by atoms with van der Waals surface area (Å²) in [5.41, 5.74) is 0.351. The zero-order chi connectivity index (χ0) is 16.4. The molecule has 1 saturated heterocycles. The van der Waals surface area contributed by atoms with Gasteiger partial charge in [-0.25, -0.2) is 4.39 Å². The van der Waals surface area contributed by atoms with E-state index in [1.807, 2.05) is 0 Å². The fourth-order valence-electron chi connectivity index (χ4n) is 3.71. The third-order valence-corrected chi connectivity index (χ3v) is 6.27. The quantitative estimate of drug-likeness (QED) is 0.845. The van der Waals surface area contributed by atoms with Crippen LogP contribution in [0.1, 0.15) is 35.6 Å². The Bertz CT molecular complexity index is 635. The van der Waals surface area contributed by atoms with Gasteiger partial charge in [-0.15, -0.1) is 11.3 Å². The maximum atomic E-state index is 15.1. The summed E-state index contributed by atoms with van der Waals surface area (Å²) in [6, 6.07) is 15.3. The van der Waals surface area contributed by atoms with E-state index in [1.165, 1.54) is 10.4 Å². The summed E-state index contributed by atoms with van der Waals surface area (Å²) in [7, 11) is 0. The molecule has 1 aromatic heterocycles. The lowest BCUT2D eigenvalue weighted by molar-refractivity contribution is 0.0548. The number of halogens is 1. The predicted molar refractivity (Wildman–Crippen MR) is 98.3 cm³/mol. The molecule has 2 fully saturated rings. The Morgan fingerprint density at radius 2 is 1.92 bits per heavy atom. The molecule has 1 saturated carbocycles. The van der Waals surface area contributed by atoms with E-state index in [9.17, 15) is 0 Å². The molecular formula is C20H25FN2S. The van der Waals surface area contributed by atoms with Crippen molar-refractivity contribution in [3.8, 4) is 0 Å². The third kappa shape index (κ3) is 3.88. The fourth-order valence-corrected chi connectivity index (χ4v) is 4.46. The number of benzene rings is 1. The summed E-state index contributed by atoms with van der Waals surface area (Å²) in [6.45, 7) is 3.21. The second-order valence-corrected chi connectivity index (χ2v) is 8.28. The molecule has 0 radical (unpaired) electrons. The first-order valence-corrected chi connectivity index (χ1v) is 9.82. The number of nitrogens with zero attached hydrogens (tertiary/aromatic N) is 1. The Balaban J connectivity index is 1.22. The minimum atomic E-state index is -1.03. The van der Waals surface area contributed by atoms with Crippen LogP contribution in [0, 0.1) is 0 Å². The van der Waals surface area contributed by atoms with Gasteiger partial charge in [0.2, 0.25) is 0 Å². The highest BCUT2D eigenvalue weighted by molar-refractivity contribution is 7.09. The molecule has 2 aliphatic rings. The molecule has 2 aromatic rings. The lowest BCUT2D eigenvalue weighted by Crippen LogP contribution is -2.47. The fraction of sp³-hybridized carbons (Fsp3) is 0.500. The second-order valence-electron chi connectivity index (χ2n) is 7.25. The molecule has 1 aliphatic carbocycles. The first kappa shape index (κ1) is 16.2. The number of thiophene rings is 1. The van der Waals surface area contributed by atoms with Gasteiger partial charge in [0.05, 0.1) is 0 Å². The lowest BCUT2D eigenvalue weighted by atomic mass is 9.93. The predicted octanol–water partition coefficient (Wildman–Crippen LogP) is 4.20. The first-order valence-electron chi connectivity index (χ1n) is 8.94. The van der Waals surface area contributed by atoms with Crippen molar-refractivity contribution < 1.29 is 4.39 Å². The molecule has 2 nitrogen and oxygen atoms in total. The minimum Gasteiger partial charge on any atom is -0.310 e. The van der Waals surface area contributed by atoms with Gasteiger partial charge in [-0.3, -0.25) is 4.90 Å². The normalized spacial score (nSPS) is 26.4. The van der Waals surface area contributed by atoms with Crippen LogP contribution in [0.2, 0.25) is 0 Å². The van der Waals surface area contributed by atoms with Crippen molar-refractivity contribution in [2.75, 3.05) is 19.6 Å². The number of alkyl halides is 1. The van der Waals surface area contributed by atoms with Crippen molar-refractivity contribution in [3.63, 3.8) is 0 Å². The van der Waals surface area contributed by atoms with E-state index in [2.05, 4.69) is 58.1 Å². The summed E-state index contributed by atoms with van der Waals surface area (Å²) in [4.78, 5) is 3.76. The number of rotatable bonds is 6. The molecule has 0 bridgehead atoms. The highest BCUT2D eigenvalue weighted by atomic mass is 32.1. The number of nitrogens with one attached hydrogen (secondary N) is 1. The Kier molecular flexibility index (Phi) is 4.70. The Labute approximate surface area is 147 Å². The van der Waals surface area contributed by atoms with Crippen molar-refractivity contribution in [2.45, 2.75) is 43.4 Å². The van der Waals surface area contributed by atoms with Gasteiger partial charge >= 0.3 is 0 Å². The van der Waals surface area contributed by atoms with Gasteiger partial charge in [-0.1, -0.05) is 36.4 Å². The zero-order valence-electron chi connectivity index (χ0n) is 14.0. The molecule has 0 amide bonds. The van der Waals surface area contributed by atoms with E-state index in [4.69, 9.17) is 0 Å². The van der Waals surface area contributed by atoms with Gasteiger partial charge in [0.15, 0.2) is 0 Å². The van der Waals surface area contributed by atoms with Gasteiger partial charge in [0.25, 0.3) is 0 Å². The van der Waals surface area contributed by atoms with Crippen molar-refractivity contribution in [3.05, 3.63) is 58.3 Å². The van der Waals surface area contributed by atoms with Crippen LogP contribution < -0.4 is 5.32 Å². The lowest BCUT2D eigenvalue weighted by Gasteiger charge is -2.36. The summed E-state index contributed by atoms with van der Waals surface area (Å²) in [6.07, 6.45) is 2.44. The molecule has 24 heavy (non-hydrogen) atoms. The van der Waals surface area contributed by atoms with Gasteiger partial charge in [0.1, 0.15) is 5.67 Å². The van der Waals surface area contributed by atoms with E-state index >= 15 is 4.39 Å². The first-order chi connectivity index (χ1) is 11.7. The second kappa shape index (κ2) is 6.95. The van der Waals surface area contributed by atoms with Crippen molar-refractivity contribution in [1.82, 2.24) is 10.2 Å². The third-order valence-electron chi connectivity index (χ3n) is 5.41. The molecular weight excluding hydrogens is 319 g/mol. The molecule has 4 heteroatoms. The van der Waals surface area contributed by atoms with Crippen LogP contribution in [-0.2, 0) is 6.54 Å². The van der Waals surface area contributed by atoms with E-state index in [0.29, 0.717) is 31.3 Å². The van der Waals surface area contributed by atoms with Crippen LogP contribution in [0.3, 0.4) is 0 Å². The number of likely N-dealkylation sites (tertiary alicyclic amines) is 1. The molecule has 1 aliphatic heterocycles. The van der Waals surface area contributed by atoms with Crippen molar-refractivity contribution in [2.24, 2.45) is 0 Å². The molecule has 1 N–H and O–H groups in total. The summed E-state index contributed by atoms with van der Waals surface area (Å²) in [5, 5.41) is 5.60. The molecule has 1 aromatic carbocycles. The van der Waals surface area contributed by atoms with Crippen LogP contribution >= 0.6 is 11.3 Å². The van der Waals surface area contributed by atoms with E-state index in [-0.39, 0.29) is 0 Å². The number of hydrogen-bond acceptors (Lipinski definition) is 3. The summed E-state index contributed by atoms with van der Waals surface area (Å²) >= 11 is 1.79. The molecule has 4 rings (SSSR count). The largest absolute Gasteiger partial charge is 0.310 e. The smallest absolute Gasteiger partial charge is 0.125 e. The number of piperidine rings is 1. The zero-order valence-corrected chi connectivity index (χ0v) is 14.8.